The normalized spacial score (nSPS) is 23.2. The number of carbonyl (C=O) groups is 3. The lowest BCUT2D eigenvalue weighted by Gasteiger charge is -2.52. The number of carboxylic acids is 1. The predicted octanol–water partition coefficient (Wildman–Crippen LogP) is 1.99. The molecule has 1 saturated heterocycles. The van der Waals surface area contributed by atoms with Crippen LogP contribution in [0.2, 0.25) is 0 Å². The van der Waals surface area contributed by atoms with Gasteiger partial charge in [0, 0.05) is 18.2 Å². The van der Waals surface area contributed by atoms with Gasteiger partial charge in [-0.15, -0.1) is 23.1 Å². The first-order valence-electron chi connectivity index (χ1n) is 6.87. The Labute approximate surface area is 143 Å². The number of thiophene rings is 1. The molecule has 10 heteroatoms. The number of carbonyl (C=O) groups excluding carboxylic acids is 2. The maximum atomic E-state index is 13.1. The van der Waals surface area contributed by atoms with Crippen LogP contribution in [0.25, 0.3) is 0 Å². The maximum absolute atomic E-state index is 13.1. The van der Waals surface area contributed by atoms with Gasteiger partial charge < -0.3 is 5.11 Å². The molecular formula is C14H12F2N2O4S2. The minimum absolute atomic E-state index is 0.194. The summed E-state index contributed by atoms with van der Waals surface area (Å²) in [5.74, 6) is -2.78. The zero-order valence-electron chi connectivity index (χ0n) is 12.3. The number of halogens is 2. The highest BCUT2D eigenvalue weighted by Crippen LogP contribution is 2.45. The van der Waals surface area contributed by atoms with Crippen LogP contribution < -0.4 is 4.90 Å². The van der Waals surface area contributed by atoms with E-state index in [4.69, 9.17) is 0 Å². The van der Waals surface area contributed by atoms with Crippen molar-refractivity contribution in [2.45, 2.75) is 24.8 Å². The van der Waals surface area contributed by atoms with E-state index < -0.39 is 41.0 Å². The van der Waals surface area contributed by atoms with Crippen LogP contribution in [0.15, 0.2) is 28.8 Å². The second-order valence-electron chi connectivity index (χ2n) is 5.17. The summed E-state index contributed by atoms with van der Waals surface area (Å²) in [6.45, 7) is 1.31. The Balaban J connectivity index is 1.97. The van der Waals surface area contributed by atoms with Crippen LogP contribution in [0, 0.1) is 0 Å². The van der Waals surface area contributed by atoms with Crippen LogP contribution >= 0.6 is 23.1 Å². The van der Waals surface area contributed by atoms with Crippen molar-refractivity contribution in [3.8, 4) is 0 Å². The molecule has 3 rings (SSSR count). The lowest BCUT2D eigenvalue weighted by Crippen LogP contribution is -2.71. The summed E-state index contributed by atoms with van der Waals surface area (Å²) in [5.41, 5.74) is -1.23. The van der Waals surface area contributed by atoms with E-state index in [9.17, 15) is 28.3 Å². The highest BCUT2D eigenvalue weighted by molar-refractivity contribution is 8.00. The van der Waals surface area contributed by atoms with Crippen molar-refractivity contribution in [3.63, 3.8) is 0 Å². The first-order chi connectivity index (χ1) is 11.3. The fourth-order valence-electron chi connectivity index (χ4n) is 2.79. The largest absolute Gasteiger partial charge is 0.477 e. The molecule has 0 radical (unpaired) electrons. The number of alkyl halides is 2. The molecule has 1 N–H and O–H groups in total. The summed E-state index contributed by atoms with van der Waals surface area (Å²) in [6.07, 6.45) is -2.95. The molecule has 0 spiro atoms. The lowest BCUT2D eigenvalue weighted by molar-refractivity contribution is -0.149. The Hall–Kier alpha value is -1.94. The molecule has 1 unspecified atom stereocenters. The number of anilines is 1. The van der Waals surface area contributed by atoms with E-state index >= 15 is 0 Å². The van der Waals surface area contributed by atoms with Gasteiger partial charge in [0.2, 0.25) is 5.91 Å². The van der Waals surface area contributed by atoms with Gasteiger partial charge in [0.05, 0.1) is 5.00 Å². The molecule has 2 amide bonds. The molecular weight excluding hydrogens is 362 g/mol. The smallest absolute Gasteiger partial charge is 0.352 e. The number of hydrogen-bond acceptors (Lipinski definition) is 5. The fourth-order valence-corrected chi connectivity index (χ4v) is 4.99. The molecule has 2 atom stereocenters. The summed E-state index contributed by atoms with van der Waals surface area (Å²) in [4.78, 5) is 38.0. The van der Waals surface area contributed by atoms with Crippen molar-refractivity contribution in [1.29, 1.82) is 0 Å². The quantitative estimate of drug-likeness (QED) is 0.816. The molecule has 2 aliphatic heterocycles. The summed E-state index contributed by atoms with van der Waals surface area (Å²) < 4.78 is 26.1. The summed E-state index contributed by atoms with van der Waals surface area (Å²) >= 11 is 2.31. The first kappa shape index (κ1) is 16.9. The summed E-state index contributed by atoms with van der Waals surface area (Å²) in [5, 5.41) is 10.9. The van der Waals surface area contributed by atoms with Crippen molar-refractivity contribution in [2.24, 2.45) is 0 Å². The number of carboxylic acid groups (broad SMARTS) is 1. The second kappa shape index (κ2) is 6.17. The molecule has 2 aliphatic rings. The molecule has 0 aromatic carbocycles. The summed E-state index contributed by atoms with van der Waals surface area (Å²) in [6, 6.07) is 2.51. The molecule has 1 aromatic heterocycles. The number of hydrogen-bond donors (Lipinski definition) is 1. The van der Waals surface area contributed by atoms with Gasteiger partial charge in [0.1, 0.15) is 17.1 Å². The maximum Gasteiger partial charge on any atom is 0.352 e. The third-order valence-electron chi connectivity index (χ3n) is 3.80. The van der Waals surface area contributed by atoms with Gasteiger partial charge in [-0.05, 0) is 17.5 Å². The Bertz CT molecular complexity index is 735. The van der Waals surface area contributed by atoms with Gasteiger partial charge >= 0.3 is 5.97 Å². The number of amides is 2. The van der Waals surface area contributed by atoms with Crippen molar-refractivity contribution in [2.75, 3.05) is 10.7 Å². The van der Waals surface area contributed by atoms with E-state index in [2.05, 4.69) is 0 Å². The molecule has 3 heterocycles. The predicted molar refractivity (Wildman–Crippen MR) is 85.0 cm³/mol. The van der Waals surface area contributed by atoms with Crippen LogP contribution in [0.4, 0.5) is 13.8 Å². The molecule has 1 fully saturated rings. The zero-order valence-corrected chi connectivity index (χ0v) is 13.9. The number of nitrogens with zero attached hydrogens (tertiary/aromatic N) is 2. The van der Waals surface area contributed by atoms with Crippen molar-refractivity contribution < 1.29 is 28.3 Å². The lowest BCUT2D eigenvalue weighted by atomic mass is 10.0. The average molecular weight is 374 g/mol. The number of thioether (sulfide) groups is 1. The number of fused-ring (bicyclic) bond motifs is 1. The monoisotopic (exact) mass is 374 g/mol. The Morgan fingerprint density at radius 1 is 1.46 bits per heavy atom. The van der Waals surface area contributed by atoms with E-state index in [1.54, 1.807) is 17.5 Å². The van der Waals surface area contributed by atoms with Crippen LogP contribution in [0.3, 0.4) is 0 Å². The van der Waals surface area contributed by atoms with Crippen molar-refractivity contribution >= 4 is 45.9 Å². The van der Waals surface area contributed by atoms with E-state index in [0.717, 1.165) is 16.7 Å². The third kappa shape index (κ3) is 2.49. The molecule has 24 heavy (non-hydrogen) atoms. The fraction of sp³-hybridized carbons (Fsp3) is 0.357. The SMILES string of the molecule is CC(=O)N(c1cccs1)C1C(=O)N2C(C(=O)O)=C(C(F)F)CS[C@H]12. The van der Waals surface area contributed by atoms with Gasteiger partial charge in [0.25, 0.3) is 12.3 Å². The highest BCUT2D eigenvalue weighted by atomic mass is 32.2. The Morgan fingerprint density at radius 2 is 2.17 bits per heavy atom. The van der Waals surface area contributed by atoms with E-state index in [0.29, 0.717) is 5.00 Å². The van der Waals surface area contributed by atoms with Gasteiger partial charge in [-0.1, -0.05) is 0 Å². The average Bonchev–Trinajstić information content (AvgIpc) is 3.03. The van der Waals surface area contributed by atoms with Gasteiger partial charge in [-0.25, -0.2) is 13.6 Å². The first-order valence-corrected chi connectivity index (χ1v) is 8.80. The van der Waals surface area contributed by atoms with Crippen molar-refractivity contribution in [1.82, 2.24) is 4.90 Å². The van der Waals surface area contributed by atoms with Crippen LogP contribution in [-0.2, 0) is 14.4 Å². The van der Waals surface area contributed by atoms with Crippen LogP contribution in [0.1, 0.15) is 6.92 Å². The molecule has 0 saturated carbocycles. The molecule has 1 aromatic rings. The number of rotatable bonds is 4. The van der Waals surface area contributed by atoms with E-state index in [1.807, 2.05) is 0 Å². The molecule has 0 aliphatic carbocycles. The molecule has 6 nitrogen and oxygen atoms in total. The second-order valence-corrected chi connectivity index (χ2v) is 7.21. The summed E-state index contributed by atoms with van der Waals surface area (Å²) in [7, 11) is 0. The number of aliphatic carboxylic acids is 1. The van der Waals surface area contributed by atoms with Gasteiger partial charge in [-0.2, -0.15) is 0 Å². The minimum atomic E-state index is -2.95. The van der Waals surface area contributed by atoms with Crippen LogP contribution in [0.5, 0.6) is 0 Å². The van der Waals surface area contributed by atoms with Gasteiger partial charge in [-0.3, -0.25) is 19.4 Å². The van der Waals surface area contributed by atoms with Crippen LogP contribution in [-0.4, -0.2) is 51.4 Å². The van der Waals surface area contributed by atoms with E-state index in [1.165, 1.54) is 23.2 Å². The van der Waals surface area contributed by atoms with Crippen molar-refractivity contribution in [3.05, 3.63) is 28.8 Å². The van der Waals surface area contributed by atoms with Gasteiger partial charge in [0.15, 0.2) is 0 Å². The van der Waals surface area contributed by atoms with E-state index in [-0.39, 0.29) is 11.7 Å². The topological polar surface area (TPSA) is 77.9 Å². The third-order valence-corrected chi connectivity index (χ3v) is 5.95. The zero-order chi connectivity index (χ0) is 17.6. The highest BCUT2D eigenvalue weighted by Gasteiger charge is 2.57. The standard InChI is InChI=1S/C14H12F2N2O4S2/c1-6(19)17(8-3-2-4-23-8)10-12(20)18-9(14(21)22)7(11(15)16)5-24-13(10)18/h2-4,10-11,13H,5H2,1H3,(H,21,22)/t10?,13-/m1/s1. The minimum Gasteiger partial charge on any atom is -0.477 e. The number of β-lactam (4-membered cyclic amide) rings is 1. The molecule has 0 bridgehead atoms. The molecule has 128 valence electrons. The Morgan fingerprint density at radius 3 is 2.67 bits per heavy atom. The Kier molecular flexibility index (Phi) is 4.35.